The van der Waals surface area contributed by atoms with Crippen LogP contribution in [0.15, 0.2) is 84.9 Å². The molecule has 4 rings (SSSR count). The first-order chi connectivity index (χ1) is 42.9. The van der Waals surface area contributed by atoms with Crippen molar-refractivity contribution in [3.63, 3.8) is 0 Å². The third kappa shape index (κ3) is 24.4. The Bertz CT molecular complexity index is 2850. The summed E-state index contributed by atoms with van der Waals surface area (Å²) in [4.78, 5) is 155. The van der Waals surface area contributed by atoms with Crippen molar-refractivity contribution in [3.05, 3.63) is 96.1 Å². The lowest BCUT2D eigenvalue weighted by Gasteiger charge is -2.28. The van der Waals surface area contributed by atoms with Gasteiger partial charge in [0.05, 0.1) is 30.7 Å². The largest absolute Gasteiger partial charge is 0.452 e. The Hall–Kier alpha value is -8.05. The second-order valence-electron chi connectivity index (χ2n) is 23.0. The summed E-state index contributed by atoms with van der Waals surface area (Å²) in [5.41, 5.74) is 32.6. The average Bonchev–Trinajstić information content (AvgIpc) is 1.42. The molecule has 0 radical (unpaired) electrons. The fraction of sp³-hybridized carbons (Fsp3) is 0.540. The maximum atomic E-state index is 14.7. The summed E-state index contributed by atoms with van der Waals surface area (Å²) >= 11 is 0. The molecule has 494 valence electrons. The van der Waals surface area contributed by atoms with Gasteiger partial charge in [0, 0.05) is 44.1 Å². The Morgan fingerprint density at radius 2 is 1.11 bits per heavy atom. The number of aliphatic hydroxyl groups is 2. The molecule has 0 bridgehead atoms. The molecule has 3 aromatic carbocycles. The first-order valence-corrected chi connectivity index (χ1v) is 30.6. The lowest BCUT2D eigenvalue weighted by atomic mass is 9.92. The highest BCUT2D eigenvalue weighted by molar-refractivity contribution is 5.99. The second kappa shape index (κ2) is 38.5. The number of rotatable bonds is 27. The number of amides is 8. The molecule has 1 heterocycles. The summed E-state index contributed by atoms with van der Waals surface area (Å²) in [7, 11) is 0. The average molecular weight is 1260 g/mol. The van der Waals surface area contributed by atoms with Crippen LogP contribution in [0.4, 0.5) is 0 Å². The van der Waals surface area contributed by atoms with E-state index in [9.17, 15) is 63.0 Å². The van der Waals surface area contributed by atoms with E-state index in [1.165, 1.54) is 13.8 Å². The van der Waals surface area contributed by atoms with Crippen LogP contribution >= 0.6 is 0 Å². The van der Waals surface area contributed by atoms with E-state index in [2.05, 4.69) is 42.5 Å². The maximum Gasteiger partial charge on any atom is 0.311 e. The molecule has 20 N–H and O–H groups in total. The predicted octanol–water partition coefficient (Wildman–Crippen LogP) is -2.33. The zero-order valence-corrected chi connectivity index (χ0v) is 51.8. The van der Waals surface area contributed by atoms with Gasteiger partial charge in [0.1, 0.15) is 30.2 Å². The van der Waals surface area contributed by atoms with Gasteiger partial charge in [-0.3, -0.25) is 52.7 Å². The first kappa shape index (κ1) is 74.4. The first-order valence-electron chi connectivity index (χ1n) is 30.6. The van der Waals surface area contributed by atoms with Crippen molar-refractivity contribution < 1.29 is 67.7 Å². The van der Waals surface area contributed by atoms with Gasteiger partial charge in [0.25, 0.3) is 5.91 Å². The third-order valence-electron chi connectivity index (χ3n) is 15.1. The lowest BCUT2D eigenvalue weighted by molar-refractivity contribution is -0.156. The van der Waals surface area contributed by atoms with Crippen molar-refractivity contribution in [2.75, 3.05) is 39.3 Å². The van der Waals surface area contributed by atoms with E-state index in [0.717, 1.165) is 11.1 Å². The van der Waals surface area contributed by atoms with Crippen LogP contribution in [0.2, 0.25) is 0 Å². The van der Waals surface area contributed by atoms with Crippen molar-refractivity contribution in [2.45, 2.75) is 159 Å². The minimum absolute atomic E-state index is 0.0624. The number of benzene rings is 3. The fourth-order valence-electron chi connectivity index (χ4n) is 10.2. The molecule has 0 aliphatic carbocycles. The molecule has 0 saturated carbocycles. The van der Waals surface area contributed by atoms with Gasteiger partial charge in [-0.15, -0.1) is 0 Å². The van der Waals surface area contributed by atoms with E-state index >= 15 is 0 Å². The monoisotopic (exact) mass is 1260 g/mol. The molecule has 2 unspecified atom stereocenters. The molecular weight excluding hydrogens is 1160 g/mol. The number of hydrogen-bond acceptors (Lipinski definition) is 19. The highest BCUT2D eigenvalue weighted by atomic mass is 16.5. The molecule has 3 aromatic rings. The van der Waals surface area contributed by atoms with Gasteiger partial charge in [0.2, 0.25) is 41.4 Å². The minimum atomic E-state index is -1.75. The Balaban J connectivity index is 1.67. The summed E-state index contributed by atoms with van der Waals surface area (Å²) in [6, 6.07) is 15.1. The van der Waals surface area contributed by atoms with E-state index in [-0.39, 0.29) is 96.4 Å². The normalized spacial score (nSPS) is 22.0. The van der Waals surface area contributed by atoms with Crippen molar-refractivity contribution in [1.82, 2.24) is 42.5 Å². The standard InChI is InChI=1S/C63H93N13O14/c1-36(2)31-48-59(85)70-45(20-26-65)50(79)34-43(19-25-64)57(83)75-54(37(3)77)62(88)69-30-24-44(56(82)72-47(22-28-67)58(84)74-49(60(86)73-48)32-39-11-7-5-8-12-39)35-51(80)46(21-27-66)71-63(89)55(38(4)78)76-61(87)52(23-29-68)90-53(81)33-40-15-17-42(18-16-40)41-13-9-6-10-14-41/h5-18,36-38,43-49,52,54-55,77-78H,19-35,64-68H2,1-4H3,(H,69,88)(H,70,85)(H,71,89)(H,72,82)(H,73,86)(H,74,84)(H,75,83)(H,76,87)/t37?,38?,43-,44-,45+,46+,47+,48+,49-,52+,54+,55+/m1/s1. The molecule has 90 heavy (non-hydrogen) atoms. The second-order valence-corrected chi connectivity index (χ2v) is 23.0. The van der Waals surface area contributed by atoms with Crippen LogP contribution < -0.4 is 71.2 Å². The number of esters is 1. The number of nitrogens with two attached hydrogens (primary N) is 5. The Labute approximate surface area is 525 Å². The lowest BCUT2D eigenvalue weighted by Crippen LogP contribution is -2.59. The van der Waals surface area contributed by atoms with Gasteiger partial charge in [-0.05, 0) is 113 Å². The number of ether oxygens (including phenoxy) is 1. The smallest absolute Gasteiger partial charge is 0.311 e. The van der Waals surface area contributed by atoms with Crippen LogP contribution in [0, 0.1) is 17.8 Å². The van der Waals surface area contributed by atoms with Gasteiger partial charge >= 0.3 is 5.97 Å². The summed E-state index contributed by atoms with van der Waals surface area (Å²) in [5.74, 6) is -12.2. The van der Waals surface area contributed by atoms with Gasteiger partial charge in [-0.2, -0.15) is 0 Å². The van der Waals surface area contributed by atoms with E-state index < -0.39 is 157 Å². The molecule has 1 saturated heterocycles. The third-order valence-corrected chi connectivity index (χ3v) is 15.1. The predicted molar refractivity (Wildman–Crippen MR) is 334 cm³/mol. The molecule has 0 aromatic heterocycles. The zero-order valence-electron chi connectivity index (χ0n) is 51.8. The van der Waals surface area contributed by atoms with Crippen LogP contribution in [-0.4, -0.2) is 175 Å². The van der Waals surface area contributed by atoms with E-state index in [4.69, 9.17) is 33.4 Å². The zero-order chi connectivity index (χ0) is 66.5. The minimum Gasteiger partial charge on any atom is -0.452 e. The van der Waals surface area contributed by atoms with Crippen LogP contribution in [0.1, 0.15) is 96.6 Å². The van der Waals surface area contributed by atoms with Crippen molar-refractivity contribution in [3.8, 4) is 11.1 Å². The molecule has 1 fully saturated rings. The molecule has 27 nitrogen and oxygen atoms in total. The highest BCUT2D eigenvalue weighted by Crippen LogP contribution is 2.21. The summed E-state index contributed by atoms with van der Waals surface area (Å²) < 4.78 is 5.54. The molecule has 1 aliphatic rings. The number of carbonyl (C=O) groups excluding carboxylic acids is 11. The molecular formula is C63H93N13O14. The number of ketones is 2. The Morgan fingerprint density at radius 1 is 0.567 bits per heavy atom. The van der Waals surface area contributed by atoms with Crippen LogP contribution in [0.5, 0.6) is 0 Å². The Kier molecular flexibility index (Phi) is 31.8. The van der Waals surface area contributed by atoms with Gasteiger partial charge < -0.3 is 86.2 Å². The molecule has 0 spiro atoms. The summed E-state index contributed by atoms with van der Waals surface area (Å²) in [6.07, 6.45) is -7.20. The van der Waals surface area contributed by atoms with Crippen molar-refractivity contribution in [2.24, 2.45) is 46.4 Å². The molecule has 8 amide bonds. The van der Waals surface area contributed by atoms with E-state index in [1.807, 2.05) is 42.5 Å². The summed E-state index contributed by atoms with van der Waals surface area (Å²) in [6.45, 7) is 4.94. The molecule has 27 heteroatoms. The Morgan fingerprint density at radius 3 is 1.70 bits per heavy atom. The van der Waals surface area contributed by atoms with Gasteiger partial charge in [-0.1, -0.05) is 98.8 Å². The SMILES string of the molecule is CC(C)C[C@@H]1NC(=O)[C@@H](Cc2ccccc2)NC(=O)[C@H](CCN)NC(=O)[C@@H](CC(=O)[C@H](CCN)NC(=O)[C@@H](NC(=O)[C@H](CCN)OC(=O)Cc2ccc(-c3ccccc3)cc2)C(C)O)CCNC(=O)[C@H](C(C)O)NC(=O)[C@H](CCN)CC(=O)[C@H](CCN)NC1=O. The number of nitrogens with one attached hydrogen (secondary N) is 8. The summed E-state index contributed by atoms with van der Waals surface area (Å²) in [5, 5.41) is 42.4. The van der Waals surface area contributed by atoms with Gasteiger partial charge in [0.15, 0.2) is 17.7 Å². The van der Waals surface area contributed by atoms with Crippen molar-refractivity contribution >= 4 is 64.8 Å². The highest BCUT2D eigenvalue weighted by Gasteiger charge is 2.38. The maximum absolute atomic E-state index is 14.7. The van der Waals surface area contributed by atoms with E-state index in [0.29, 0.717) is 11.1 Å². The number of Topliss-reactive ketones (excluding diaryl/α,β-unsaturated/α-hetero) is 2. The molecule has 1 aliphatic heterocycles. The van der Waals surface area contributed by atoms with E-state index in [1.54, 1.807) is 56.3 Å². The van der Waals surface area contributed by atoms with Gasteiger partial charge in [-0.25, -0.2) is 0 Å². The molecule has 12 atom stereocenters. The number of hydrogen-bond donors (Lipinski definition) is 15. The van der Waals surface area contributed by atoms with Crippen molar-refractivity contribution in [1.29, 1.82) is 0 Å². The number of aliphatic hydroxyl groups excluding tert-OH is 2. The quantitative estimate of drug-likeness (QED) is 0.0356. The fourth-order valence-corrected chi connectivity index (χ4v) is 10.2. The van der Waals surface area contributed by atoms with Crippen LogP contribution in [-0.2, 0) is 70.3 Å². The topological polar surface area (TPSA) is 464 Å². The number of carbonyl (C=O) groups is 11. The van der Waals surface area contributed by atoms with Crippen LogP contribution in [0.25, 0.3) is 11.1 Å². The van der Waals surface area contributed by atoms with Crippen LogP contribution in [0.3, 0.4) is 0 Å².